The van der Waals surface area contributed by atoms with Crippen LogP contribution >= 0.6 is 0 Å². The Labute approximate surface area is 100 Å². The average molecular weight is 227 g/mol. The van der Waals surface area contributed by atoms with E-state index in [2.05, 4.69) is 4.98 Å². The Hall–Kier alpha value is -2.16. The van der Waals surface area contributed by atoms with Crippen molar-refractivity contribution in [2.24, 2.45) is 0 Å². The van der Waals surface area contributed by atoms with Crippen LogP contribution in [0, 0.1) is 6.92 Å². The van der Waals surface area contributed by atoms with Gasteiger partial charge >= 0.3 is 0 Å². The van der Waals surface area contributed by atoms with Crippen molar-refractivity contribution in [3.63, 3.8) is 0 Å². The van der Waals surface area contributed by atoms with Crippen LogP contribution in [0.5, 0.6) is 5.75 Å². The average Bonchev–Trinajstić information content (AvgIpc) is 2.39. The molecule has 2 rings (SSSR count). The van der Waals surface area contributed by atoms with Crippen molar-refractivity contribution in [3.05, 3.63) is 59.4 Å². The normalized spacial score (nSPS) is 10.0. The Morgan fingerprint density at radius 3 is 2.76 bits per heavy atom. The summed E-state index contributed by atoms with van der Waals surface area (Å²) in [5.74, 6) is 0.517. The van der Waals surface area contributed by atoms with Gasteiger partial charge < -0.3 is 4.74 Å². The summed E-state index contributed by atoms with van der Waals surface area (Å²) in [5, 5.41) is 0. The third-order valence-corrected chi connectivity index (χ3v) is 2.52. The van der Waals surface area contributed by atoms with Crippen molar-refractivity contribution >= 4 is 5.78 Å². The van der Waals surface area contributed by atoms with E-state index in [4.69, 9.17) is 4.74 Å². The molecule has 0 bridgehead atoms. The molecule has 3 nitrogen and oxygen atoms in total. The molecule has 0 unspecified atom stereocenters. The highest BCUT2D eigenvalue weighted by Gasteiger charge is 2.14. The number of methoxy groups -OCH3 is 1. The first-order valence-corrected chi connectivity index (χ1v) is 5.31. The molecule has 0 atom stereocenters. The molecule has 1 aromatic heterocycles. The quantitative estimate of drug-likeness (QED) is 0.757. The summed E-state index contributed by atoms with van der Waals surface area (Å²) in [6.07, 6.45) is 3.20. The number of carbonyl (C=O) groups excluding carboxylic acids is 1. The Morgan fingerprint density at radius 1 is 1.29 bits per heavy atom. The zero-order chi connectivity index (χ0) is 12.3. The first kappa shape index (κ1) is 11.3. The molecule has 0 aliphatic rings. The predicted octanol–water partition coefficient (Wildman–Crippen LogP) is 2.63. The minimum atomic E-state index is -0.0707. The number of ether oxygens (including phenoxy) is 1. The van der Waals surface area contributed by atoms with E-state index in [1.165, 1.54) is 0 Å². The van der Waals surface area contributed by atoms with Gasteiger partial charge in [0.1, 0.15) is 5.75 Å². The molecule has 0 spiro atoms. The standard InChI is InChI=1S/C14H13NO2/c1-10-5-6-13(17-2)12(8-10)14(16)11-4-3-7-15-9-11/h3-9H,1-2H3. The summed E-state index contributed by atoms with van der Waals surface area (Å²) in [4.78, 5) is 16.2. The lowest BCUT2D eigenvalue weighted by atomic mass is 10.0. The molecule has 0 N–H and O–H groups in total. The highest BCUT2D eigenvalue weighted by molar-refractivity contribution is 6.10. The molecule has 0 saturated carbocycles. The van der Waals surface area contributed by atoms with E-state index in [1.807, 2.05) is 19.1 Å². The number of ketones is 1. The number of rotatable bonds is 3. The molecule has 1 heterocycles. The smallest absolute Gasteiger partial charge is 0.198 e. The zero-order valence-corrected chi connectivity index (χ0v) is 9.81. The van der Waals surface area contributed by atoms with Crippen LogP contribution in [0.25, 0.3) is 0 Å². The van der Waals surface area contributed by atoms with Crippen molar-refractivity contribution in [3.8, 4) is 5.75 Å². The number of pyridine rings is 1. The SMILES string of the molecule is COc1ccc(C)cc1C(=O)c1cccnc1. The molecule has 3 heteroatoms. The van der Waals surface area contributed by atoms with E-state index >= 15 is 0 Å². The molecule has 17 heavy (non-hydrogen) atoms. The van der Waals surface area contributed by atoms with Crippen LogP contribution in [0.3, 0.4) is 0 Å². The number of nitrogens with zero attached hydrogens (tertiary/aromatic N) is 1. The first-order valence-electron chi connectivity index (χ1n) is 5.31. The van der Waals surface area contributed by atoms with E-state index < -0.39 is 0 Å². The second kappa shape index (κ2) is 4.78. The maximum atomic E-state index is 12.3. The Balaban J connectivity index is 2.47. The van der Waals surface area contributed by atoms with Crippen LogP contribution in [0.15, 0.2) is 42.7 Å². The number of carbonyl (C=O) groups is 1. The molecule has 0 amide bonds. The largest absolute Gasteiger partial charge is 0.496 e. The maximum Gasteiger partial charge on any atom is 0.198 e. The van der Waals surface area contributed by atoms with E-state index in [0.717, 1.165) is 5.56 Å². The number of benzene rings is 1. The third-order valence-electron chi connectivity index (χ3n) is 2.52. The first-order chi connectivity index (χ1) is 8.22. The molecular formula is C14H13NO2. The minimum Gasteiger partial charge on any atom is -0.496 e. The van der Waals surface area contributed by atoms with Gasteiger partial charge in [0, 0.05) is 18.0 Å². The lowest BCUT2D eigenvalue weighted by Gasteiger charge is -2.08. The van der Waals surface area contributed by atoms with E-state index in [0.29, 0.717) is 16.9 Å². The monoisotopic (exact) mass is 227 g/mol. The minimum absolute atomic E-state index is 0.0707. The van der Waals surface area contributed by atoms with Crippen LogP contribution in [-0.4, -0.2) is 17.9 Å². The number of hydrogen-bond acceptors (Lipinski definition) is 3. The van der Waals surface area contributed by atoms with Gasteiger partial charge in [0.15, 0.2) is 5.78 Å². The molecule has 1 aromatic carbocycles. The van der Waals surface area contributed by atoms with Crippen LogP contribution in [0.2, 0.25) is 0 Å². The highest BCUT2D eigenvalue weighted by Crippen LogP contribution is 2.22. The summed E-state index contributed by atoms with van der Waals surface area (Å²) in [6, 6.07) is 9.04. The summed E-state index contributed by atoms with van der Waals surface area (Å²) < 4.78 is 5.20. The molecule has 0 radical (unpaired) electrons. The molecule has 0 fully saturated rings. The molecule has 0 aliphatic carbocycles. The van der Waals surface area contributed by atoms with Gasteiger partial charge in [-0.25, -0.2) is 0 Å². The van der Waals surface area contributed by atoms with Gasteiger partial charge in [-0.3, -0.25) is 9.78 Å². The van der Waals surface area contributed by atoms with E-state index in [1.54, 1.807) is 37.7 Å². The third kappa shape index (κ3) is 2.33. The van der Waals surface area contributed by atoms with Crippen molar-refractivity contribution < 1.29 is 9.53 Å². The van der Waals surface area contributed by atoms with E-state index in [-0.39, 0.29) is 5.78 Å². The maximum absolute atomic E-state index is 12.3. The van der Waals surface area contributed by atoms with Gasteiger partial charge in [-0.15, -0.1) is 0 Å². The topological polar surface area (TPSA) is 39.2 Å². The fraction of sp³-hybridized carbons (Fsp3) is 0.143. The Kier molecular flexibility index (Phi) is 3.19. The van der Waals surface area contributed by atoms with Gasteiger partial charge in [-0.05, 0) is 31.2 Å². The lowest BCUT2D eigenvalue weighted by Crippen LogP contribution is -2.04. The molecule has 0 aliphatic heterocycles. The Bertz CT molecular complexity index is 535. The summed E-state index contributed by atoms with van der Waals surface area (Å²) >= 11 is 0. The number of aromatic nitrogens is 1. The van der Waals surface area contributed by atoms with Crippen molar-refractivity contribution in [2.45, 2.75) is 6.92 Å². The second-order valence-corrected chi connectivity index (χ2v) is 3.77. The molecule has 0 saturated heterocycles. The summed E-state index contributed by atoms with van der Waals surface area (Å²) in [7, 11) is 1.56. The fourth-order valence-electron chi connectivity index (χ4n) is 1.65. The van der Waals surface area contributed by atoms with Crippen molar-refractivity contribution in [1.29, 1.82) is 0 Å². The number of hydrogen-bond donors (Lipinski definition) is 0. The molecule has 86 valence electrons. The highest BCUT2D eigenvalue weighted by atomic mass is 16.5. The van der Waals surface area contributed by atoms with E-state index in [9.17, 15) is 4.79 Å². The predicted molar refractivity (Wildman–Crippen MR) is 65.4 cm³/mol. The van der Waals surface area contributed by atoms with Crippen LogP contribution < -0.4 is 4.74 Å². The molecule has 2 aromatic rings. The zero-order valence-electron chi connectivity index (χ0n) is 9.81. The lowest BCUT2D eigenvalue weighted by molar-refractivity contribution is 0.103. The van der Waals surface area contributed by atoms with Gasteiger partial charge in [-0.1, -0.05) is 11.6 Å². The van der Waals surface area contributed by atoms with Crippen LogP contribution in [0.1, 0.15) is 21.5 Å². The van der Waals surface area contributed by atoms with Gasteiger partial charge in [0.25, 0.3) is 0 Å². The van der Waals surface area contributed by atoms with Crippen LogP contribution in [-0.2, 0) is 0 Å². The molecular weight excluding hydrogens is 214 g/mol. The fourth-order valence-corrected chi connectivity index (χ4v) is 1.65. The van der Waals surface area contributed by atoms with Gasteiger partial charge in [0.05, 0.1) is 12.7 Å². The Morgan fingerprint density at radius 2 is 2.12 bits per heavy atom. The van der Waals surface area contributed by atoms with Gasteiger partial charge in [-0.2, -0.15) is 0 Å². The van der Waals surface area contributed by atoms with Gasteiger partial charge in [0.2, 0.25) is 0 Å². The number of aryl methyl sites for hydroxylation is 1. The summed E-state index contributed by atoms with van der Waals surface area (Å²) in [5.41, 5.74) is 2.16. The summed E-state index contributed by atoms with van der Waals surface area (Å²) in [6.45, 7) is 1.94. The second-order valence-electron chi connectivity index (χ2n) is 3.77. The van der Waals surface area contributed by atoms with Crippen LogP contribution in [0.4, 0.5) is 0 Å². The van der Waals surface area contributed by atoms with Crippen molar-refractivity contribution in [2.75, 3.05) is 7.11 Å². The van der Waals surface area contributed by atoms with Crippen molar-refractivity contribution in [1.82, 2.24) is 4.98 Å².